The predicted octanol–water partition coefficient (Wildman–Crippen LogP) is 6.17. The first kappa shape index (κ1) is 21.7. The Morgan fingerprint density at radius 2 is 1.94 bits per heavy atom. The van der Waals surface area contributed by atoms with E-state index >= 15 is 0 Å². The first-order valence-electron chi connectivity index (χ1n) is 9.76. The number of hydrogen-bond acceptors (Lipinski definition) is 6. The highest BCUT2D eigenvalue weighted by molar-refractivity contribution is 7.98. The van der Waals surface area contributed by atoms with Gasteiger partial charge < -0.3 is 0 Å². The highest BCUT2D eigenvalue weighted by Gasteiger charge is 2.19. The number of anilines is 1. The van der Waals surface area contributed by atoms with Crippen molar-refractivity contribution in [2.24, 2.45) is 0 Å². The maximum atomic E-state index is 13.2. The smallest absolute Gasteiger partial charge is 0.270 e. The van der Waals surface area contributed by atoms with Crippen molar-refractivity contribution in [3.05, 3.63) is 100 Å². The van der Waals surface area contributed by atoms with E-state index < -0.39 is 4.92 Å². The zero-order chi connectivity index (χ0) is 22.5. The highest BCUT2D eigenvalue weighted by atomic mass is 32.2. The molecular weight excluding hydrogens is 442 g/mol. The molecule has 1 aromatic heterocycles. The van der Waals surface area contributed by atoms with Gasteiger partial charge in [-0.1, -0.05) is 53.8 Å². The molecular formula is C24H19N3O3S2. The van der Waals surface area contributed by atoms with E-state index in [1.54, 1.807) is 34.9 Å². The maximum Gasteiger partial charge on any atom is 0.270 e. The van der Waals surface area contributed by atoms with E-state index in [0.29, 0.717) is 17.2 Å². The van der Waals surface area contributed by atoms with Gasteiger partial charge in [-0.3, -0.25) is 19.8 Å². The molecule has 1 heterocycles. The SMILES string of the molecule is CSc1ccc2nc(N(Cc3ccccc3)C(=O)/C=C/c3cccc([N+](=O)[O-])c3)sc2c1. The Bertz CT molecular complexity index is 1300. The normalized spacial score (nSPS) is 11.2. The number of nitrogens with zero attached hydrogens (tertiary/aromatic N) is 3. The van der Waals surface area contributed by atoms with Gasteiger partial charge in [-0.15, -0.1) is 11.8 Å². The number of rotatable bonds is 7. The topological polar surface area (TPSA) is 76.3 Å². The van der Waals surface area contributed by atoms with Crippen molar-refractivity contribution in [1.82, 2.24) is 4.98 Å². The fourth-order valence-corrected chi connectivity index (χ4v) is 4.66. The lowest BCUT2D eigenvalue weighted by molar-refractivity contribution is -0.384. The number of carbonyl (C=O) groups is 1. The predicted molar refractivity (Wildman–Crippen MR) is 131 cm³/mol. The summed E-state index contributed by atoms with van der Waals surface area (Å²) < 4.78 is 1.01. The van der Waals surface area contributed by atoms with Crippen LogP contribution in [0, 0.1) is 10.1 Å². The molecule has 0 unspecified atom stereocenters. The van der Waals surface area contributed by atoms with Crippen molar-refractivity contribution < 1.29 is 9.72 Å². The Labute approximate surface area is 193 Å². The molecule has 0 N–H and O–H groups in total. The Hall–Kier alpha value is -3.49. The van der Waals surface area contributed by atoms with Crippen molar-refractivity contribution in [2.45, 2.75) is 11.4 Å². The van der Waals surface area contributed by atoms with Gasteiger partial charge in [0.05, 0.1) is 21.7 Å². The third-order valence-electron chi connectivity index (χ3n) is 4.76. The van der Waals surface area contributed by atoms with Gasteiger partial charge in [0.25, 0.3) is 11.6 Å². The van der Waals surface area contributed by atoms with Crippen LogP contribution in [0.15, 0.2) is 83.8 Å². The summed E-state index contributed by atoms with van der Waals surface area (Å²) in [6.07, 6.45) is 5.04. The molecule has 0 saturated carbocycles. The molecule has 8 heteroatoms. The van der Waals surface area contributed by atoms with E-state index in [-0.39, 0.29) is 11.6 Å². The number of carbonyl (C=O) groups excluding carboxylic acids is 1. The Kier molecular flexibility index (Phi) is 6.63. The number of nitro benzene ring substituents is 1. The largest absolute Gasteiger partial charge is 0.280 e. The highest BCUT2D eigenvalue weighted by Crippen LogP contribution is 2.32. The molecule has 0 aliphatic carbocycles. The molecule has 3 aromatic carbocycles. The molecule has 0 saturated heterocycles. The molecule has 32 heavy (non-hydrogen) atoms. The van der Waals surface area contributed by atoms with Crippen molar-refractivity contribution >= 4 is 56.1 Å². The fourth-order valence-electron chi connectivity index (χ4n) is 3.14. The molecule has 0 atom stereocenters. The Morgan fingerprint density at radius 3 is 2.69 bits per heavy atom. The van der Waals surface area contributed by atoms with Crippen LogP contribution in [0.5, 0.6) is 0 Å². The summed E-state index contributed by atoms with van der Waals surface area (Å²) in [5.41, 5.74) is 2.39. The second kappa shape index (κ2) is 9.76. The minimum atomic E-state index is -0.454. The second-order valence-electron chi connectivity index (χ2n) is 6.93. The quantitative estimate of drug-likeness (QED) is 0.142. The van der Waals surface area contributed by atoms with E-state index in [9.17, 15) is 14.9 Å². The van der Waals surface area contributed by atoms with Crippen LogP contribution >= 0.6 is 23.1 Å². The van der Waals surface area contributed by atoms with E-state index in [4.69, 9.17) is 0 Å². The number of aromatic nitrogens is 1. The number of nitro groups is 1. The summed E-state index contributed by atoms with van der Waals surface area (Å²) in [6, 6.07) is 21.9. The van der Waals surface area contributed by atoms with Gasteiger partial charge in [0.2, 0.25) is 0 Å². The number of thiazole rings is 1. The summed E-state index contributed by atoms with van der Waals surface area (Å²) in [5, 5.41) is 11.6. The van der Waals surface area contributed by atoms with Crippen molar-refractivity contribution in [3.8, 4) is 0 Å². The number of hydrogen-bond donors (Lipinski definition) is 0. The van der Waals surface area contributed by atoms with Crippen LogP contribution in [0.25, 0.3) is 16.3 Å². The molecule has 0 fully saturated rings. The van der Waals surface area contributed by atoms with E-state index in [0.717, 1.165) is 20.7 Å². The first-order valence-corrected chi connectivity index (χ1v) is 11.8. The molecule has 0 bridgehead atoms. The summed E-state index contributed by atoms with van der Waals surface area (Å²) >= 11 is 3.13. The van der Waals surface area contributed by atoms with Crippen LogP contribution < -0.4 is 4.90 Å². The monoisotopic (exact) mass is 461 g/mol. The number of amides is 1. The van der Waals surface area contributed by atoms with Crippen LogP contribution in [0.3, 0.4) is 0 Å². The zero-order valence-electron chi connectivity index (χ0n) is 17.2. The molecule has 0 aliphatic heterocycles. The summed E-state index contributed by atoms with van der Waals surface area (Å²) in [5.74, 6) is -0.246. The zero-order valence-corrected chi connectivity index (χ0v) is 18.8. The number of fused-ring (bicyclic) bond motifs is 1. The number of thioether (sulfide) groups is 1. The summed E-state index contributed by atoms with van der Waals surface area (Å²) in [7, 11) is 0. The van der Waals surface area contributed by atoms with Crippen LogP contribution in [0.1, 0.15) is 11.1 Å². The molecule has 4 rings (SSSR count). The number of benzene rings is 3. The fraction of sp³-hybridized carbons (Fsp3) is 0.0833. The van der Waals surface area contributed by atoms with Gasteiger partial charge >= 0.3 is 0 Å². The second-order valence-corrected chi connectivity index (χ2v) is 8.81. The van der Waals surface area contributed by atoms with Gasteiger partial charge in [0, 0.05) is 23.1 Å². The first-order chi connectivity index (χ1) is 15.5. The minimum absolute atomic E-state index is 0.0171. The van der Waals surface area contributed by atoms with Gasteiger partial charge in [-0.2, -0.15) is 0 Å². The molecule has 6 nitrogen and oxygen atoms in total. The molecule has 160 valence electrons. The van der Waals surface area contributed by atoms with E-state index in [2.05, 4.69) is 11.1 Å². The van der Waals surface area contributed by atoms with Crippen molar-refractivity contribution in [3.63, 3.8) is 0 Å². The van der Waals surface area contributed by atoms with Crippen molar-refractivity contribution in [2.75, 3.05) is 11.2 Å². The standard InChI is InChI=1S/C24H19N3O3S2/c1-31-20-11-12-21-22(15-20)32-24(25-21)26(16-18-6-3-2-4-7-18)23(28)13-10-17-8-5-9-19(14-17)27(29)30/h2-15H,16H2,1H3/b13-10+. The van der Waals surface area contributed by atoms with E-state index in [1.165, 1.54) is 29.5 Å². The minimum Gasteiger partial charge on any atom is -0.280 e. The van der Waals surface area contributed by atoms with E-state index in [1.807, 2.05) is 48.7 Å². The number of non-ortho nitro benzene ring substituents is 1. The van der Waals surface area contributed by atoms with Gasteiger partial charge in [0.1, 0.15) is 0 Å². The summed E-state index contributed by atoms with van der Waals surface area (Å²) in [4.78, 5) is 31.2. The molecule has 0 radical (unpaired) electrons. The lowest BCUT2D eigenvalue weighted by Crippen LogP contribution is -2.28. The molecule has 1 amide bonds. The lowest BCUT2D eigenvalue weighted by Gasteiger charge is -2.18. The average molecular weight is 462 g/mol. The molecule has 0 spiro atoms. The van der Waals surface area contributed by atoms with Crippen molar-refractivity contribution in [1.29, 1.82) is 0 Å². The van der Waals surface area contributed by atoms with Gasteiger partial charge in [-0.25, -0.2) is 4.98 Å². The van der Waals surface area contributed by atoms with Gasteiger partial charge in [-0.05, 0) is 41.7 Å². The molecule has 4 aromatic rings. The third kappa shape index (κ3) is 5.04. The van der Waals surface area contributed by atoms with Crippen LogP contribution in [0.2, 0.25) is 0 Å². The maximum absolute atomic E-state index is 13.2. The van der Waals surface area contributed by atoms with Crippen LogP contribution in [0.4, 0.5) is 10.8 Å². The molecule has 0 aliphatic rings. The average Bonchev–Trinajstić information content (AvgIpc) is 3.24. The Balaban J connectivity index is 1.67. The lowest BCUT2D eigenvalue weighted by atomic mass is 10.2. The van der Waals surface area contributed by atoms with Crippen LogP contribution in [-0.4, -0.2) is 22.1 Å². The third-order valence-corrected chi connectivity index (χ3v) is 6.53. The van der Waals surface area contributed by atoms with Gasteiger partial charge in [0.15, 0.2) is 5.13 Å². The Morgan fingerprint density at radius 1 is 1.12 bits per heavy atom. The van der Waals surface area contributed by atoms with Crippen LogP contribution in [-0.2, 0) is 11.3 Å². The summed E-state index contributed by atoms with van der Waals surface area (Å²) in [6.45, 7) is 0.369.